The van der Waals surface area contributed by atoms with Crippen molar-refractivity contribution in [3.05, 3.63) is 101 Å². The normalized spacial score (nSPS) is 12.7. The summed E-state index contributed by atoms with van der Waals surface area (Å²) in [7, 11) is 0. The first kappa shape index (κ1) is 40.6. The summed E-state index contributed by atoms with van der Waals surface area (Å²) in [5.74, 6) is -2.51. The third-order valence-corrected chi connectivity index (χ3v) is 9.78. The Morgan fingerprint density at radius 2 is 0.893 bits per heavy atom. The molecule has 5 rings (SSSR count). The first-order valence-corrected chi connectivity index (χ1v) is 18.6. The van der Waals surface area contributed by atoms with Gasteiger partial charge in [-0.1, -0.05) is 46.2 Å². The Hall–Kier alpha value is -6.57. The third kappa shape index (κ3) is 8.54. The number of rotatable bonds is 17. The number of aromatic hydroxyl groups is 8. The van der Waals surface area contributed by atoms with E-state index < -0.39 is 23.9 Å². The highest BCUT2D eigenvalue weighted by Gasteiger charge is 2.27. The van der Waals surface area contributed by atoms with Gasteiger partial charge >= 0.3 is 0 Å². The van der Waals surface area contributed by atoms with Gasteiger partial charge in [0.1, 0.15) is 74.6 Å². The molecule has 3 unspecified atom stereocenters. The van der Waals surface area contributed by atoms with Crippen molar-refractivity contribution >= 4 is 28.4 Å². The number of benzene rings is 5. The molecule has 0 radical (unpaired) electrons. The highest BCUT2D eigenvalue weighted by molar-refractivity contribution is 5.75. The van der Waals surface area contributed by atoms with Gasteiger partial charge in [0.25, 0.3) is 0 Å². The lowest BCUT2D eigenvalue weighted by atomic mass is 9.97. The van der Waals surface area contributed by atoms with Crippen LogP contribution in [0.3, 0.4) is 0 Å². The standard InChI is InChI=1S/C42H50FN5O8/c1-5-10-22-13-17-31(49)35(39(22)53)44-28(6-2)25-14-18-32(50)36(40(25)54)45-29(7-3)26-15-19-33(51)37(41(26)55)46-30(8-4)27-16-20-34(52)38(42(27)56)48-47-24-12-9-11-23(43)21-24/h9,11-21,28-30,44-56H,5-8,10H2,1-4H3. The number of hydrogen-bond donors (Lipinski definition) is 13. The van der Waals surface area contributed by atoms with Gasteiger partial charge in [-0.3, -0.25) is 5.43 Å². The van der Waals surface area contributed by atoms with E-state index in [4.69, 9.17) is 0 Å². The van der Waals surface area contributed by atoms with Crippen molar-refractivity contribution in [1.82, 2.24) is 0 Å². The Labute approximate surface area is 324 Å². The van der Waals surface area contributed by atoms with Crippen LogP contribution in [0.1, 0.15) is 93.8 Å². The van der Waals surface area contributed by atoms with Crippen LogP contribution in [-0.4, -0.2) is 40.9 Å². The molecule has 3 atom stereocenters. The zero-order valence-electron chi connectivity index (χ0n) is 31.7. The molecule has 0 spiro atoms. The van der Waals surface area contributed by atoms with Crippen LogP contribution in [0.25, 0.3) is 0 Å². The highest BCUT2D eigenvalue weighted by atomic mass is 19.1. The van der Waals surface area contributed by atoms with E-state index in [0.29, 0.717) is 53.6 Å². The molecule has 0 heterocycles. The van der Waals surface area contributed by atoms with Crippen molar-refractivity contribution in [2.24, 2.45) is 0 Å². The summed E-state index contributed by atoms with van der Waals surface area (Å²) in [5.41, 5.74) is 7.46. The summed E-state index contributed by atoms with van der Waals surface area (Å²) in [6, 6.07) is 15.5. The van der Waals surface area contributed by atoms with Gasteiger partial charge in [0, 0.05) is 16.7 Å². The van der Waals surface area contributed by atoms with E-state index in [0.717, 1.165) is 6.42 Å². The Morgan fingerprint density at radius 1 is 0.482 bits per heavy atom. The molecule has 0 aromatic heterocycles. The fourth-order valence-corrected chi connectivity index (χ4v) is 6.70. The first-order valence-electron chi connectivity index (χ1n) is 18.6. The molecule has 0 aliphatic carbocycles. The minimum Gasteiger partial charge on any atom is -0.506 e. The minimum absolute atomic E-state index is 0.0166. The lowest BCUT2D eigenvalue weighted by molar-refractivity contribution is 0.435. The van der Waals surface area contributed by atoms with Gasteiger partial charge in [-0.15, -0.1) is 0 Å². The van der Waals surface area contributed by atoms with Gasteiger partial charge in [0.05, 0.1) is 23.8 Å². The summed E-state index contributed by atoms with van der Waals surface area (Å²) in [6.45, 7) is 7.49. The number of aryl methyl sites for hydroxylation is 1. The smallest absolute Gasteiger partial charge is 0.149 e. The highest BCUT2D eigenvalue weighted by Crippen LogP contribution is 2.48. The van der Waals surface area contributed by atoms with Gasteiger partial charge in [-0.2, -0.15) is 0 Å². The van der Waals surface area contributed by atoms with E-state index in [9.17, 15) is 45.2 Å². The van der Waals surface area contributed by atoms with Crippen molar-refractivity contribution in [2.45, 2.75) is 77.9 Å². The van der Waals surface area contributed by atoms with Gasteiger partial charge in [0.2, 0.25) is 0 Å². The molecule has 13 N–H and O–H groups in total. The van der Waals surface area contributed by atoms with E-state index in [-0.39, 0.29) is 68.7 Å². The maximum Gasteiger partial charge on any atom is 0.149 e. The summed E-state index contributed by atoms with van der Waals surface area (Å²) < 4.78 is 13.7. The van der Waals surface area contributed by atoms with E-state index in [2.05, 4.69) is 26.8 Å². The van der Waals surface area contributed by atoms with Crippen molar-refractivity contribution < 1.29 is 45.2 Å². The van der Waals surface area contributed by atoms with Gasteiger partial charge in [0.15, 0.2) is 0 Å². The molecule has 56 heavy (non-hydrogen) atoms. The molecule has 0 saturated carbocycles. The van der Waals surface area contributed by atoms with Crippen LogP contribution < -0.4 is 26.8 Å². The number of hydrazine groups is 1. The predicted octanol–water partition coefficient (Wildman–Crippen LogP) is 9.55. The molecular formula is C42H50FN5O8. The minimum atomic E-state index is -0.707. The molecule has 13 nitrogen and oxygen atoms in total. The van der Waals surface area contributed by atoms with Crippen LogP contribution in [0.15, 0.2) is 72.8 Å². The van der Waals surface area contributed by atoms with Crippen LogP contribution in [0.5, 0.6) is 46.0 Å². The third-order valence-electron chi connectivity index (χ3n) is 9.78. The quantitative estimate of drug-likeness (QED) is 0.0313. The molecule has 5 aromatic carbocycles. The number of phenols is 8. The summed E-state index contributed by atoms with van der Waals surface area (Å²) in [6.07, 6.45) is 2.52. The van der Waals surface area contributed by atoms with Crippen LogP contribution in [0, 0.1) is 5.82 Å². The summed E-state index contributed by atoms with van der Waals surface area (Å²) >= 11 is 0. The van der Waals surface area contributed by atoms with Gasteiger partial charge in [-0.05, 0) is 91.9 Å². The van der Waals surface area contributed by atoms with E-state index in [1.54, 1.807) is 18.2 Å². The average Bonchev–Trinajstić information content (AvgIpc) is 3.17. The van der Waals surface area contributed by atoms with Crippen molar-refractivity contribution in [1.29, 1.82) is 0 Å². The Morgan fingerprint density at radius 3 is 1.32 bits per heavy atom. The van der Waals surface area contributed by atoms with Crippen molar-refractivity contribution in [3.8, 4) is 46.0 Å². The number of hydrogen-bond acceptors (Lipinski definition) is 13. The Kier molecular flexibility index (Phi) is 12.8. The second-order valence-electron chi connectivity index (χ2n) is 13.5. The van der Waals surface area contributed by atoms with Crippen molar-refractivity contribution in [2.75, 3.05) is 26.8 Å². The molecule has 5 aromatic rings. The molecule has 14 heteroatoms. The average molecular weight is 772 g/mol. The monoisotopic (exact) mass is 771 g/mol. The largest absolute Gasteiger partial charge is 0.506 e. The maximum absolute atomic E-state index is 13.7. The Balaban J connectivity index is 1.42. The second kappa shape index (κ2) is 17.7. The first-order chi connectivity index (χ1) is 26.8. The number of nitrogens with one attached hydrogen (secondary N) is 5. The van der Waals surface area contributed by atoms with E-state index >= 15 is 0 Å². The number of phenolic OH excluding ortho intramolecular Hbond substituents is 8. The topological polar surface area (TPSA) is 222 Å². The number of anilines is 5. The van der Waals surface area contributed by atoms with E-state index in [1.807, 2.05) is 27.7 Å². The fraction of sp³-hybridized carbons (Fsp3) is 0.286. The number of halogens is 1. The lowest BCUT2D eigenvalue weighted by Crippen LogP contribution is -2.15. The zero-order valence-corrected chi connectivity index (χ0v) is 31.7. The molecule has 0 aliphatic rings. The zero-order chi connectivity index (χ0) is 40.7. The maximum atomic E-state index is 13.7. The lowest BCUT2D eigenvalue weighted by Gasteiger charge is -2.27. The molecule has 0 fully saturated rings. The summed E-state index contributed by atoms with van der Waals surface area (Å²) in [4.78, 5) is 0. The summed E-state index contributed by atoms with van der Waals surface area (Å²) in [5, 5.41) is 97.9. The molecule has 0 aliphatic heterocycles. The molecule has 0 amide bonds. The van der Waals surface area contributed by atoms with Crippen molar-refractivity contribution in [3.63, 3.8) is 0 Å². The van der Waals surface area contributed by atoms with Gasteiger partial charge < -0.3 is 62.2 Å². The second-order valence-corrected chi connectivity index (χ2v) is 13.5. The van der Waals surface area contributed by atoms with Crippen LogP contribution in [0.2, 0.25) is 0 Å². The molecule has 298 valence electrons. The predicted molar refractivity (Wildman–Crippen MR) is 217 cm³/mol. The van der Waals surface area contributed by atoms with Crippen LogP contribution >= 0.6 is 0 Å². The van der Waals surface area contributed by atoms with E-state index in [1.165, 1.54) is 54.6 Å². The van der Waals surface area contributed by atoms with Crippen LogP contribution in [0.4, 0.5) is 32.8 Å². The fourth-order valence-electron chi connectivity index (χ4n) is 6.70. The Bertz CT molecular complexity index is 2170. The molecular weight excluding hydrogens is 721 g/mol. The van der Waals surface area contributed by atoms with Gasteiger partial charge in [-0.25, -0.2) is 4.39 Å². The molecule has 0 saturated heterocycles. The SMILES string of the molecule is CCCc1ccc(O)c(NC(CC)c2ccc(O)c(NC(CC)c3ccc(O)c(NC(CC)c4ccc(O)c(NNc5cccc(F)c5)c4O)c3O)c2O)c1O. The molecule has 0 bridgehead atoms. The van der Waals surface area contributed by atoms with Crippen LogP contribution in [-0.2, 0) is 6.42 Å².